The normalized spacial score (nSPS) is 19.8. The molecular weight excluding hydrogens is 1760 g/mol. The van der Waals surface area contributed by atoms with Gasteiger partial charge in [-0.25, -0.2) is 105 Å². The molecule has 4 N–H and O–H groups in total. The molecule has 0 aliphatic heterocycles. The Balaban J connectivity index is 0.000000154. The number of rotatable bonds is 0. The van der Waals surface area contributed by atoms with E-state index in [0.29, 0.717) is 0 Å². The minimum atomic E-state index is -7.05. The first kappa shape index (κ1) is 84.0. The summed E-state index contributed by atoms with van der Waals surface area (Å²) in [5.74, 6) is -155. The highest BCUT2D eigenvalue weighted by molar-refractivity contribution is 6.34. The van der Waals surface area contributed by atoms with Crippen molar-refractivity contribution in [1.29, 1.82) is 0 Å². The summed E-state index contributed by atoms with van der Waals surface area (Å²) < 4.78 is 642. The first-order valence-corrected chi connectivity index (χ1v) is 29.5. The summed E-state index contributed by atoms with van der Waals surface area (Å²) in [5, 5.41) is 36.4. The zero-order chi connectivity index (χ0) is 89.3. The van der Waals surface area contributed by atoms with Crippen molar-refractivity contribution in [2.45, 2.75) is 59.2 Å². The van der Waals surface area contributed by atoms with Crippen molar-refractivity contribution in [3.8, 4) is 23.0 Å². The van der Waals surface area contributed by atoms with Gasteiger partial charge >= 0.3 is 59.2 Å². The Morgan fingerprint density at radius 2 is 0.305 bits per heavy atom. The van der Waals surface area contributed by atoms with Gasteiger partial charge in [-0.3, -0.25) is 19.2 Å². The van der Waals surface area contributed by atoms with E-state index in [-0.39, 0.29) is 0 Å². The maximum atomic E-state index is 15.5. The zero-order valence-corrected chi connectivity index (χ0v) is 53.1. The van der Waals surface area contributed by atoms with E-state index in [4.69, 9.17) is 0 Å². The highest BCUT2D eigenvalue weighted by Gasteiger charge is 2.81. The first-order valence-electron chi connectivity index (χ1n) is 29.5. The maximum absolute atomic E-state index is 15.5. The number of benzene rings is 8. The van der Waals surface area contributed by atoms with Crippen LogP contribution in [0.4, 0.5) is 193 Å². The number of hydrogen-bond donors (Lipinski definition) is 4. The highest BCUT2D eigenvalue weighted by Crippen LogP contribution is 2.74. The second kappa shape index (κ2) is 24.4. The Labute approximate surface area is 609 Å². The van der Waals surface area contributed by atoms with Crippen LogP contribution in [0.2, 0.25) is 0 Å². The molecule has 15 rings (SSSR count). The van der Waals surface area contributed by atoms with Gasteiger partial charge in [0.15, 0.2) is 151 Å². The Hall–Kier alpha value is -12.0. The van der Waals surface area contributed by atoms with Gasteiger partial charge < -0.3 is 20.4 Å². The van der Waals surface area contributed by atoms with Crippen molar-refractivity contribution < 1.29 is 233 Å². The van der Waals surface area contributed by atoms with Crippen LogP contribution in [-0.4, -0.2) is 55.4 Å². The van der Waals surface area contributed by atoms with Gasteiger partial charge in [0.2, 0.25) is 11.6 Å². The number of aromatic hydroxyl groups is 4. The number of carbonyl (C=O) groups is 4. The van der Waals surface area contributed by atoms with Crippen LogP contribution in [0.1, 0.15) is 76.4 Å². The van der Waals surface area contributed by atoms with E-state index in [1.54, 1.807) is 0 Å². The van der Waals surface area contributed by atoms with Crippen molar-refractivity contribution in [1.82, 2.24) is 0 Å². The topological polar surface area (TPSA) is 149 Å². The Bertz CT molecular complexity index is 5820. The van der Waals surface area contributed by atoms with Crippen LogP contribution in [0.5, 0.6) is 23.0 Å². The fourth-order valence-electron chi connectivity index (χ4n) is 14.3. The number of alkyl halides is 20. The number of allylic oxidation sites excluding steroid dienone is 8. The predicted octanol–water partition coefficient (Wildman–Crippen LogP) is 20.1. The summed E-state index contributed by atoms with van der Waals surface area (Å²) in [7, 11) is 0. The number of hydrogen-bond acceptors (Lipinski definition) is 8. The van der Waals surface area contributed by atoms with E-state index in [2.05, 4.69) is 0 Å². The van der Waals surface area contributed by atoms with Crippen molar-refractivity contribution in [2.75, 3.05) is 0 Å². The molecule has 8 aromatic rings. The third kappa shape index (κ3) is 9.55. The molecule has 0 amide bonds. The molecule has 7 aliphatic carbocycles. The van der Waals surface area contributed by atoms with Crippen molar-refractivity contribution in [3.05, 3.63) is 251 Å². The Morgan fingerprint density at radius 1 is 0.153 bits per heavy atom. The van der Waals surface area contributed by atoms with Gasteiger partial charge in [0.25, 0.3) is 0 Å². The molecule has 0 aromatic heterocycles. The molecule has 0 saturated carbocycles. The fourth-order valence-corrected chi connectivity index (χ4v) is 14.3. The molecule has 0 fully saturated rings. The van der Waals surface area contributed by atoms with Crippen molar-refractivity contribution >= 4 is 44.7 Å². The number of fused-ring (bicyclic) bond motifs is 8. The quantitative estimate of drug-likeness (QED) is 0.0223. The van der Waals surface area contributed by atoms with Crippen LogP contribution in [0.25, 0.3) is 21.5 Å². The molecule has 7 aliphatic rings. The lowest BCUT2D eigenvalue weighted by Gasteiger charge is -2.49. The molecule has 624 valence electrons. The van der Waals surface area contributed by atoms with E-state index in [9.17, 15) is 145 Å². The lowest BCUT2D eigenvalue weighted by molar-refractivity contribution is -0.141. The van der Waals surface area contributed by atoms with Gasteiger partial charge in [0, 0.05) is 0 Å². The summed E-state index contributed by atoms with van der Waals surface area (Å²) in [6, 6.07) is 0. The highest BCUT2D eigenvalue weighted by atomic mass is 19.3. The van der Waals surface area contributed by atoms with E-state index >= 15 is 87.8 Å². The molecular formula is C66H4F44O8. The molecule has 0 radical (unpaired) electrons. The fraction of sp³-hybridized carbons (Fsp3) is 0.152. The van der Waals surface area contributed by atoms with Gasteiger partial charge in [-0.2, -0.15) is 87.8 Å². The minimum Gasteiger partial charge on any atom is -0.506 e. The van der Waals surface area contributed by atoms with Crippen LogP contribution in [0.3, 0.4) is 0 Å². The first-order chi connectivity index (χ1) is 53.6. The smallest absolute Gasteiger partial charge is 0.306 e. The average Bonchev–Trinajstić information content (AvgIpc) is 0.653. The summed E-state index contributed by atoms with van der Waals surface area (Å²) >= 11 is 0. The van der Waals surface area contributed by atoms with Crippen molar-refractivity contribution in [3.63, 3.8) is 0 Å². The molecule has 52 heteroatoms. The molecule has 0 unspecified atom stereocenters. The largest absolute Gasteiger partial charge is 0.506 e. The molecule has 0 heterocycles. The van der Waals surface area contributed by atoms with Crippen LogP contribution < -0.4 is 0 Å². The SMILES string of the molecule is Fc1c(F)c(F)c2c(c1F)C(F)(F)C1=C(C(F)(F)C3=C(C1(F)F)C(F)(F)c1c(F)c(F)c(F)c(F)c1C3(F)F)C2(F)F.O=C1C2=C(C(=O)C3=C1C(F)(F)c1c(F)c(F)c(F)c(F)c1C3(F)F)C(F)(F)c1c(F)c(F)c(F)c(F)c1C2(F)F.O=C1c2c(F)c(F)c(F)c(F)c2C(=O)c2c1c(O)c1c(O)c3c(F)c(F)c(F)c(F)c3c(O)c1c2O. The van der Waals surface area contributed by atoms with Gasteiger partial charge in [0.05, 0.1) is 133 Å². The number of phenolic OH excluding ortho intramolecular Hbond substituents is 4. The summed E-state index contributed by atoms with van der Waals surface area (Å²) in [4.78, 5) is 51.4. The molecule has 118 heavy (non-hydrogen) atoms. The van der Waals surface area contributed by atoms with Gasteiger partial charge in [-0.05, 0) is 0 Å². The molecule has 0 atom stereocenters. The lowest BCUT2D eigenvalue weighted by Crippen LogP contribution is -2.58. The molecule has 0 spiro atoms. The number of carbonyl (C=O) groups excluding carboxylic acids is 4. The monoisotopic (exact) mass is 1760 g/mol. The minimum absolute atomic E-state index is 1.34. The third-order valence-electron chi connectivity index (χ3n) is 19.1. The van der Waals surface area contributed by atoms with Gasteiger partial charge in [0.1, 0.15) is 23.0 Å². The molecule has 0 bridgehead atoms. The van der Waals surface area contributed by atoms with Crippen LogP contribution >= 0.6 is 0 Å². The van der Waals surface area contributed by atoms with Gasteiger partial charge in [-0.1, -0.05) is 0 Å². The second-order valence-corrected chi connectivity index (χ2v) is 25.0. The lowest BCUT2D eigenvalue weighted by atomic mass is 9.63. The third-order valence-corrected chi connectivity index (χ3v) is 19.1. The second-order valence-electron chi connectivity index (χ2n) is 25.0. The van der Waals surface area contributed by atoms with Crippen LogP contribution in [-0.2, 0) is 57.0 Å². The number of phenols is 4. The van der Waals surface area contributed by atoms with Crippen LogP contribution in [0, 0.1) is 140 Å². The number of ketones is 4. The van der Waals surface area contributed by atoms with E-state index < -0.39 is 378 Å². The van der Waals surface area contributed by atoms with E-state index in [1.165, 1.54) is 0 Å². The Kier molecular flexibility index (Phi) is 17.3. The Morgan fingerprint density at radius 3 is 0.483 bits per heavy atom. The summed E-state index contributed by atoms with van der Waals surface area (Å²) in [6.07, 6.45) is 0. The average molecular weight is 1760 g/mol. The molecule has 8 aromatic carbocycles. The van der Waals surface area contributed by atoms with E-state index in [1.807, 2.05) is 0 Å². The summed E-state index contributed by atoms with van der Waals surface area (Å²) in [5.41, 5.74) is -64.2. The van der Waals surface area contributed by atoms with Crippen LogP contribution in [0.15, 0.2) is 44.6 Å². The summed E-state index contributed by atoms with van der Waals surface area (Å²) in [6.45, 7) is 0. The van der Waals surface area contributed by atoms with E-state index in [0.717, 1.165) is 0 Å². The molecule has 0 saturated heterocycles. The zero-order valence-electron chi connectivity index (χ0n) is 53.1. The predicted molar refractivity (Wildman–Crippen MR) is 285 cm³/mol. The standard InChI is InChI=1S/C22F20.C22F16O2.C22H4F8O6/c23-5-1-2(6(24)10(28)9(5)27)18(33,34)14-13(17(1,31)32)21(39,40)15-16(22(14,41)42)20(37,38)4-3(19(15,35)36)7(25)11(29)12(30)8(4)26;23-9-1-2(10(24)14(28)13(9)27)20(33,34)6-5(19(1,31)32)17(39)7-8(18(6)40)22(37,38)4-3(21(7,35)36)11(25)15(29)16(30)12(4)26;23-9-1-2(10(24)14(28)13(9)27)18(32)6-5(17(1)31)21(35)7-8(22(6)36)20(34)4-3(19(7)33)11(25)15(29)16(30)12(4)26/h;;31-32,35-36H. The number of halogens is 44. The number of Topliss-reactive ketones (excluding diaryl/α,β-unsaturated/α-hetero) is 2. The molecule has 8 nitrogen and oxygen atoms in total. The van der Waals surface area contributed by atoms with Crippen molar-refractivity contribution in [2.24, 2.45) is 0 Å². The maximum Gasteiger partial charge on any atom is 0.306 e. The van der Waals surface area contributed by atoms with Gasteiger partial charge in [-0.15, -0.1) is 0 Å².